The maximum absolute atomic E-state index is 12.7. The first-order valence-corrected chi connectivity index (χ1v) is 7.57. The number of H-pyrrole nitrogens is 1. The van der Waals surface area contributed by atoms with Gasteiger partial charge in [-0.2, -0.15) is 0 Å². The molecule has 2 heterocycles. The summed E-state index contributed by atoms with van der Waals surface area (Å²) in [4.78, 5) is 29.4. The molecule has 0 spiro atoms. The van der Waals surface area contributed by atoms with Gasteiger partial charge in [0.2, 0.25) is 0 Å². The molecule has 1 saturated heterocycles. The van der Waals surface area contributed by atoms with Gasteiger partial charge in [-0.15, -0.1) is 12.4 Å². The minimum atomic E-state index is -0.0200. The molecule has 1 aromatic heterocycles. The molecule has 5 nitrogen and oxygen atoms in total. The summed E-state index contributed by atoms with van der Waals surface area (Å²) < 4.78 is 0. The Bertz CT molecular complexity index is 566. The predicted octanol–water partition coefficient (Wildman–Crippen LogP) is 2.46. The quantitative estimate of drug-likeness (QED) is 0.837. The largest absolute Gasteiger partial charge is 0.354 e. The molecule has 0 aliphatic carbocycles. The molecular weight excluding hydrogens is 302 g/mol. The Morgan fingerprint density at radius 1 is 1.36 bits per heavy atom. The zero-order valence-corrected chi connectivity index (χ0v) is 14.5. The summed E-state index contributed by atoms with van der Waals surface area (Å²) in [7, 11) is 0. The molecule has 2 atom stereocenters. The molecule has 3 N–H and O–H groups in total. The van der Waals surface area contributed by atoms with Crippen molar-refractivity contribution in [2.24, 2.45) is 11.7 Å². The van der Waals surface area contributed by atoms with Crippen LogP contribution in [0.4, 0.5) is 0 Å². The fraction of sp³-hybridized carbons (Fsp3) is 0.625. The molecule has 2 unspecified atom stereocenters. The predicted molar refractivity (Wildman–Crippen MR) is 89.8 cm³/mol. The number of nitrogens with zero attached hydrogens (tertiary/aromatic N) is 1. The number of aromatic nitrogens is 1. The summed E-state index contributed by atoms with van der Waals surface area (Å²) in [6.45, 7) is 8.65. The SMILES string of the molecule is CC(=O)c1c(C)[nH]c(C(=O)N2CCCC(C(C)N)C2)c1C.Cl. The van der Waals surface area contributed by atoms with Crippen LogP contribution in [0.5, 0.6) is 0 Å². The van der Waals surface area contributed by atoms with E-state index in [0.29, 0.717) is 23.7 Å². The van der Waals surface area contributed by atoms with E-state index in [2.05, 4.69) is 4.98 Å². The average molecular weight is 328 g/mol. The molecule has 1 aliphatic rings. The van der Waals surface area contributed by atoms with E-state index in [0.717, 1.165) is 30.6 Å². The van der Waals surface area contributed by atoms with Gasteiger partial charge < -0.3 is 15.6 Å². The number of Topliss-reactive ketones (excluding diaryl/α,β-unsaturated/α-hetero) is 1. The highest BCUT2D eigenvalue weighted by Crippen LogP contribution is 2.24. The highest BCUT2D eigenvalue weighted by molar-refractivity contribution is 6.02. The highest BCUT2D eigenvalue weighted by atomic mass is 35.5. The summed E-state index contributed by atoms with van der Waals surface area (Å²) in [5, 5.41) is 0. The van der Waals surface area contributed by atoms with Crippen LogP contribution >= 0.6 is 12.4 Å². The van der Waals surface area contributed by atoms with Gasteiger partial charge in [0.15, 0.2) is 5.78 Å². The number of carbonyl (C=O) groups excluding carboxylic acids is 2. The second-order valence-corrected chi connectivity index (χ2v) is 6.19. The number of aromatic amines is 1. The topological polar surface area (TPSA) is 79.2 Å². The standard InChI is InChI=1S/C16H25N3O2.ClH/c1-9-14(12(4)20)11(3)18-15(9)16(21)19-7-5-6-13(8-19)10(2)17;/h10,13,18H,5-8,17H2,1-4H3;1H. The van der Waals surface area contributed by atoms with Crippen molar-refractivity contribution in [1.82, 2.24) is 9.88 Å². The minimum absolute atomic E-state index is 0. The van der Waals surface area contributed by atoms with Gasteiger partial charge in [0.1, 0.15) is 5.69 Å². The lowest BCUT2D eigenvalue weighted by molar-refractivity contribution is 0.0655. The molecule has 2 rings (SSSR count). The summed E-state index contributed by atoms with van der Waals surface area (Å²) in [5.74, 6) is 0.326. The molecule has 1 aromatic rings. The second-order valence-electron chi connectivity index (χ2n) is 6.19. The van der Waals surface area contributed by atoms with Gasteiger partial charge in [0.05, 0.1) is 0 Å². The van der Waals surface area contributed by atoms with Crippen LogP contribution < -0.4 is 5.73 Å². The number of nitrogens with one attached hydrogen (secondary N) is 1. The van der Waals surface area contributed by atoms with Gasteiger partial charge in [0.25, 0.3) is 5.91 Å². The third-order valence-corrected chi connectivity index (χ3v) is 4.49. The lowest BCUT2D eigenvalue weighted by atomic mass is 9.92. The average Bonchev–Trinajstić information content (AvgIpc) is 2.73. The smallest absolute Gasteiger partial charge is 0.270 e. The summed E-state index contributed by atoms with van der Waals surface area (Å²) in [6.07, 6.45) is 2.05. The van der Waals surface area contributed by atoms with Crippen molar-refractivity contribution < 1.29 is 9.59 Å². The Hall–Kier alpha value is -1.33. The fourth-order valence-corrected chi connectivity index (χ4v) is 3.27. The monoisotopic (exact) mass is 327 g/mol. The number of piperidine rings is 1. The van der Waals surface area contributed by atoms with Crippen molar-refractivity contribution in [3.8, 4) is 0 Å². The zero-order valence-electron chi connectivity index (χ0n) is 13.7. The van der Waals surface area contributed by atoms with Crippen molar-refractivity contribution in [2.75, 3.05) is 13.1 Å². The van der Waals surface area contributed by atoms with Gasteiger partial charge in [-0.25, -0.2) is 0 Å². The van der Waals surface area contributed by atoms with Crippen molar-refractivity contribution in [3.05, 3.63) is 22.5 Å². The maximum atomic E-state index is 12.7. The molecule has 22 heavy (non-hydrogen) atoms. The number of hydrogen-bond donors (Lipinski definition) is 2. The molecular formula is C16H26ClN3O2. The Morgan fingerprint density at radius 2 is 2.00 bits per heavy atom. The minimum Gasteiger partial charge on any atom is -0.354 e. The van der Waals surface area contributed by atoms with Gasteiger partial charge in [0, 0.05) is 30.4 Å². The van der Waals surface area contributed by atoms with Crippen molar-refractivity contribution >= 4 is 24.1 Å². The third kappa shape index (κ3) is 3.52. The Labute approximate surface area is 138 Å². The molecule has 0 bridgehead atoms. The van der Waals surface area contributed by atoms with Crippen LogP contribution in [-0.4, -0.2) is 40.7 Å². The first kappa shape index (κ1) is 18.7. The Balaban J connectivity index is 0.00000242. The maximum Gasteiger partial charge on any atom is 0.270 e. The number of amides is 1. The van der Waals surface area contributed by atoms with E-state index < -0.39 is 0 Å². The van der Waals surface area contributed by atoms with E-state index in [1.807, 2.05) is 25.7 Å². The molecule has 1 aliphatic heterocycles. The molecule has 0 radical (unpaired) electrons. The van der Waals surface area contributed by atoms with Crippen LogP contribution in [0.1, 0.15) is 58.8 Å². The molecule has 6 heteroatoms. The van der Waals surface area contributed by atoms with E-state index in [-0.39, 0.29) is 30.1 Å². The number of ketones is 1. The summed E-state index contributed by atoms with van der Waals surface area (Å²) in [5.41, 5.74) is 8.68. The van der Waals surface area contributed by atoms with Crippen LogP contribution in [-0.2, 0) is 0 Å². The number of rotatable bonds is 3. The number of carbonyl (C=O) groups is 2. The number of halogens is 1. The van der Waals surface area contributed by atoms with Crippen LogP contribution in [0, 0.1) is 19.8 Å². The lowest BCUT2D eigenvalue weighted by Crippen LogP contribution is -2.45. The molecule has 124 valence electrons. The van der Waals surface area contributed by atoms with Crippen LogP contribution in [0.25, 0.3) is 0 Å². The molecule has 1 amide bonds. The molecule has 0 saturated carbocycles. The third-order valence-electron chi connectivity index (χ3n) is 4.49. The fourth-order valence-electron chi connectivity index (χ4n) is 3.27. The number of aryl methyl sites for hydroxylation is 1. The van der Waals surface area contributed by atoms with Crippen molar-refractivity contribution in [2.45, 2.75) is 46.6 Å². The highest BCUT2D eigenvalue weighted by Gasteiger charge is 2.29. The first-order chi connectivity index (χ1) is 9.82. The van der Waals surface area contributed by atoms with E-state index in [4.69, 9.17) is 5.73 Å². The lowest BCUT2D eigenvalue weighted by Gasteiger charge is -2.34. The number of hydrogen-bond acceptors (Lipinski definition) is 3. The van der Waals surface area contributed by atoms with Gasteiger partial charge in [-0.1, -0.05) is 0 Å². The van der Waals surface area contributed by atoms with E-state index in [1.54, 1.807) is 0 Å². The van der Waals surface area contributed by atoms with Gasteiger partial charge in [-0.05, 0) is 52.0 Å². The Morgan fingerprint density at radius 3 is 2.50 bits per heavy atom. The first-order valence-electron chi connectivity index (χ1n) is 7.57. The summed E-state index contributed by atoms with van der Waals surface area (Å²) in [6, 6.07) is 0.0971. The van der Waals surface area contributed by atoms with Gasteiger partial charge >= 0.3 is 0 Å². The van der Waals surface area contributed by atoms with Crippen molar-refractivity contribution in [3.63, 3.8) is 0 Å². The normalized spacial score (nSPS) is 19.5. The van der Waals surface area contributed by atoms with Crippen LogP contribution in [0.15, 0.2) is 0 Å². The van der Waals surface area contributed by atoms with E-state index >= 15 is 0 Å². The number of nitrogens with two attached hydrogens (primary N) is 1. The second kappa shape index (κ2) is 7.29. The van der Waals surface area contributed by atoms with Crippen LogP contribution in [0.3, 0.4) is 0 Å². The molecule has 0 aromatic carbocycles. The van der Waals surface area contributed by atoms with Crippen molar-refractivity contribution in [1.29, 1.82) is 0 Å². The zero-order chi connectivity index (χ0) is 15.7. The van der Waals surface area contributed by atoms with Crippen LogP contribution in [0.2, 0.25) is 0 Å². The van der Waals surface area contributed by atoms with E-state index in [1.165, 1.54) is 6.92 Å². The molecule has 1 fully saturated rings. The Kier molecular flexibility index (Phi) is 6.20. The van der Waals surface area contributed by atoms with E-state index in [9.17, 15) is 9.59 Å². The summed E-state index contributed by atoms with van der Waals surface area (Å²) >= 11 is 0. The van der Waals surface area contributed by atoms with Gasteiger partial charge in [-0.3, -0.25) is 9.59 Å². The number of likely N-dealkylation sites (tertiary alicyclic amines) is 1.